The van der Waals surface area contributed by atoms with Crippen LogP contribution in [0.3, 0.4) is 0 Å². The van der Waals surface area contributed by atoms with E-state index >= 15 is 0 Å². The van der Waals surface area contributed by atoms with Crippen LogP contribution in [0.15, 0.2) is 43.0 Å². The van der Waals surface area contributed by atoms with Gasteiger partial charge < -0.3 is 10.2 Å². The third-order valence-corrected chi connectivity index (χ3v) is 3.53. The SMILES string of the molecule is O=C(c1cncc(F)c1)N1CCNCC1c1cccnc1. The minimum absolute atomic E-state index is 0.108. The van der Waals surface area contributed by atoms with Gasteiger partial charge in [-0.1, -0.05) is 6.07 Å². The van der Waals surface area contributed by atoms with E-state index in [1.165, 1.54) is 12.3 Å². The fourth-order valence-electron chi connectivity index (χ4n) is 2.51. The number of nitrogens with one attached hydrogen (secondary N) is 1. The van der Waals surface area contributed by atoms with Gasteiger partial charge in [-0.2, -0.15) is 0 Å². The van der Waals surface area contributed by atoms with Gasteiger partial charge in [-0.05, 0) is 17.7 Å². The summed E-state index contributed by atoms with van der Waals surface area (Å²) in [5.74, 6) is -0.716. The Morgan fingerprint density at radius 3 is 3.00 bits per heavy atom. The summed E-state index contributed by atoms with van der Waals surface area (Å²) < 4.78 is 13.3. The number of nitrogens with zero attached hydrogens (tertiary/aromatic N) is 3. The number of piperazine rings is 1. The van der Waals surface area contributed by atoms with E-state index in [4.69, 9.17) is 0 Å². The zero-order valence-electron chi connectivity index (χ0n) is 11.4. The van der Waals surface area contributed by atoms with E-state index in [0.29, 0.717) is 19.6 Å². The predicted molar refractivity (Wildman–Crippen MR) is 75.1 cm³/mol. The summed E-state index contributed by atoms with van der Waals surface area (Å²) in [6, 6.07) is 4.89. The van der Waals surface area contributed by atoms with Crippen molar-refractivity contribution in [2.24, 2.45) is 0 Å². The predicted octanol–water partition coefficient (Wildman–Crippen LogP) is 1.40. The third-order valence-electron chi connectivity index (χ3n) is 3.53. The summed E-state index contributed by atoms with van der Waals surface area (Å²) in [5, 5.41) is 3.27. The Morgan fingerprint density at radius 2 is 2.24 bits per heavy atom. The standard InChI is InChI=1S/C15H15FN4O/c16-13-6-12(8-19-9-13)15(21)20-5-4-18-10-14(20)11-2-1-3-17-7-11/h1-3,6-9,14,18H,4-5,10H2. The van der Waals surface area contributed by atoms with Gasteiger partial charge in [0.1, 0.15) is 5.82 Å². The maximum absolute atomic E-state index is 13.3. The molecule has 5 nitrogen and oxygen atoms in total. The van der Waals surface area contributed by atoms with Crippen molar-refractivity contribution in [3.8, 4) is 0 Å². The van der Waals surface area contributed by atoms with E-state index in [9.17, 15) is 9.18 Å². The number of hydrogen-bond donors (Lipinski definition) is 1. The molecule has 21 heavy (non-hydrogen) atoms. The molecule has 0 saturated carbocycles. The second-order valence-corrected chi connectivity index (χ2v) is 4.90. The minimum Gasteiger partial charge on any atom is -0.329 e. The zero-order valence-corrected chi connectivity index (χ0v) is 11.4. The Bertz CT molecular complexity index is 635. The number of pyridine rings is 2. The van der Waals surface area contributed by atoms with Crippen LogP contribution < -0.4 is 5.32 Å². The van der Waals surface area contributed by atoms with Crippen molar-refractivity contribution in [3.05, 3.63) is 59.9 Å². The number of rotatable bonds is 2. The Kier molecular flexibility index (Phi) is 3.87. The molecule has 3 heterocycles. The van der Waals surface area contributed by atoms with Crippen LogP contribution in [-0.4, -0.2) is 40.4 Å². The smallest absolute Gasteiger partial charge is 0.256 e. The number of carbonyl (C=O) groups is 1. The molecule has 3 rings (SSSR count). The first-order valence-corrected chi connectivity index (χ1v) is 6.78. The van der Waals surface area contributed by atoms with Crippen molar-refractivity contribution in [1.82, 2.24) is 20.2 Å². The molecule has 2 aromatic heterocycles. The minimum atomic E-state index is -0.506. The average molecular weight is 286 g/mol. The Labute approximate surface area is 121 Å². The van der Waals surface area contributed by atoms with Gasteiger partial charge in [-0.25, -0.2) is 4.39 Å². The topological polar surface area (TPSA) is 58.1 Å². The molecule has 0 spiro atoms. The molecule has 1 atom stereocenters. The van der Waals surface area contributed by atoms with E-state index in [1.807, 2.05) is 12.1 Å². The van der Waals surface area contributed by atoms with Gasteiger partial charge in [0.25, 0.3) is 5.91 Å². The summed E-state index contributed by atoms with van der Waals surface area (Å²) in [6.07, 6.45) is 5.94. The maximum atomic E-state index is 13.3. The van der Waals surface area contributed by atoms with Gasteiger partial charge in [0.15, 0.2) is 0 Å². The van der Waals surface area contributed by atoms with Gasteiger partial charge >= 0.3 is 0 Å². The summed E-state index contributed by atoms with van der Waals surface area (Å²) in [5.41, 5.74) is 1.23. The third kappa shape index (κ3) is 2.90. The number of halogens is 1. The molecule has 1 aliphatic heterocycles. The molecular weight excluding hydrogens is 271 g/mol. The van der Waals surface area contributed by atoms with Gasteiger partial charge in [0.05, 0.1) is 17.8 Å². The van der Waals surface area contributed by atoms with E-state index in [1.54, 1.807) is 17.3 Å². The summed E-state index contributed by atoms with van der Waals surface area (Å²) in [7, 11) is 0. The molecule has 1 fully saturated rings. The van der Waals surface area contributed by atoms with E-state index in [2.05, 4.69) is 15.3 Å². The molecule has 1 aliphatic rings. The first-order valence-electron chi connectivity index (χ1n) is 6.78. The molecule has 0 aliphatic carbocycles. The van der Waals surface area contributed by atoms with Crippen LogP contribution >= 0.6 is 0 Å². The van der Waals surface area contributed by atoms with E-state index in [0.717, 1.165) is 11.8 Å². The lowest BCUT2D eigenvalue weighted by molar-refractivity contribution is 0.0633. The van der Waals surface area contributed by atoms with E-state index in [-0.39, 0.29) is 17.5 Å². The van der Waals surface area contributed by atoms with E-state index < -0.39 is 5.82 Å². The lowest BCUT2D eigenvalue weighted by Crippen LogP contribution is -2.48. The van der Waals surface area contributed by atoms with Crippen molar-refractivity contribution in [3.63, 3.8) is 0 Å². The van der Waals surface area contributed by atoms with Crippen molar-refractivity contribution in [2.75, 3.05) is 19.6 Å². The molecule has 0 aromatic carbocycles. The molecule has 0 radical (unpaired) electrons. The summed E-state index contributed by atoms with van der Waals surface area (Å²) >= 11 is 0. The zero-order chi connectivity index (χ0) is 14.7. The van der Waals surface area contributed by atoms with Gasteiger partial charge in [-0.3, -0.25) is 14.8 Å². The second kappa shape index (κ2) is 5.97. The monoisotopic (exact) mass is 286 g/mol. The highest BCUT2D eigenvalue weighted by molar-refractivity contribution is 5.94. The molecule has 1 N–H and O–H groups in total. The number of carbonyl (C=O) groups excluding carboxylic acids is 1. The molecule has 6 heteroatoms. The molecule has 0 bridgehead atoms. The Hall–Kier alpha value is -2.34. The van der Waals surface area contributed by atoms with Crippen molar-refractivity contribution in [1.29, 1.82) is 0 Å². The van der Waals surface area contributed by atoms with Gasteiger partial charge in [-0.15, -0.1) is 0 Å². The van der Waals surface area contributed by atoms with Crippen molar-refractivity contribution in [2.45, 2.75) is 6.04 Å². The highest BCUT2D eigenvalue weighted by atomic mass is 19.1. The summed E-state index contributed by atoms with van der Waals surface area (Å²) in [6.45, 7) is 1.93. The number of aromatic nitrogens is 2. The van der Waals surface area contributed by atoms with Crippen molar-refractivity contribution < 1.29 is 9.18 Å². The van der Waals surface area contributed by atoms with Crippen molar-refractivity contribution >= 4 is 5.91 Å². The quantitative estimate of drug-likeness (QED) is 0.906. The first kappa shape index (κ1) is 13.6. The lowest BCUT2D eigenvalue weighted by Gasteiger charge is -2.36. The molecule has 108 valence electrons. The van der Waals surface area contributed by atoms with Crippen LogP contribution in [-0.2, 0) is 0 Å². The van der Waals surface area contributed by atoms with Crippen LogP contribution in [0, 0.1) is 5.82 Å². The lowest BCUT2D eigenvalue weighted by atomic mass is 10.0. The van der Waals surface area contributed by atoms with Gasteiger partial charge in [0, 0.05) is 38.2 Å². The van der Waals surface area contributed by atoms with Crippen LogP contribution in [0.25, 0.3) is 0 Å². The van der Waals surface area contributed by atoms with Crippen LogP contribution in [0.4, 0.5) is 4.39 Å². The normalized spacial score (nSPS) is 18.5. The molecular formula is C15H15FN4O. The van der Waals surface area contributed by atoms with Gasteiger partial charge in [0.2, 0.25) is 0 Å². The molecule has 1 unspecified atom stereocenters. The second-order valence-electron chi connectivity index (χ2n) is 4.90. The highest BCUT2D eigenvalue weighted by Crippen LogP contribution is 2.23. The fraction of sp³-hybridized carbons (Fsp3) is 0.267. The maximum Gasteiger partial charge on any atom is 0.256 e. The number of hydrogen-bond acceptors (Lipinski definition) is 4. The molecule has 1 saturated heterocycles. The summed E-state index contributed by atoms with van der Waals surface area (Å²) in [4.78, 5) is 22.2. The number of amides is 1. The van der Waals surface area contributed by atoms with Crippen LogP contribution in [0.2, 0.25) is 0 Å². The molecule has 2 aromatic rings. The van der Waals surface area contributed by atoms with Crippen LogP contribution in [0.1, 0.15) is 22.0 Å². The molecule has 1 amide bonds. The fourth-order valence-corrected chi connectivity index (χ4v) is 2.51. The van der Waals surface area contributed by atoms with Crippen LogP contribution in [0.5, 0.6) is 0 Å². The Balaban J connectivity index is 1.89. The largest absolute Gasteiger partial charge is 0.329 e. The average Bonchev–Trinajstić information content (AvgIpc) is 2.55. The Morgan fingerprint density at radius 1 is 1.33 bits per heavy atom. The highest BCUT2D eigenvalue weighted by Gasteiger charge is 2.28. The first-order chi connectivity index (χ1) is 10.3.